The molecule has 0 radical (unpaired) electrons. The Morgan fingerprint density at radius 2 is 2.21 bits per heavy atom. The van der Waals surface area contributed by atoms with Crippen LogP contribution in [0.15, 0.2) is 34.1 Å². The van der Waals surface area contributed by atoms with Gasteiger partial charge in [0, 0.05) is 12.4 Å². The lowest BCUT2D eigenvalue weighted by molar-refractivity contribution is 0.833. The van der Waals surface area contributed by atoms with Crippen LogP contribution in [0.3, 0.4) is 0 Å². The molecule has 0 bridgehead atoms. The van der Waals surface area contributed by atoms with Crippen LogP contribution in [0.4, 0.5) is 0 Å². The number of hydrogen-bond acceptors (Lipinski definition) is 6. The van der Waals surface area contributed by atoms with Crippen LogP contribution in [-0.2, 0) is 0 Å². The highest BCUT2D eigenvalue weighted by atomic mass is 32.1. The molecule has 0 amide bonds. The predicted molar refractivity (Wildman–Crippen MR) is 71.2 cm³/mol. The van der Waals surface area contributed by atoms with E-state index in [0.717, 1.165) is 21.4 Å². The third-order valence-electron chi connectivity index (χ3n) is 2.52. The molecule has 3 heterocycles. The van der Waals surface area contributed by atoms with E-state index in [1.54, 1.807) is 24.5 Å². The van der Waals surface area contributed by atoms with Crippen molar-refractivity contribution in [2.24, 2.45) is 0 Å². The molecule has 0 aliphatic rings. The van der Waals surface area contributed by atoms with Crippen LogP contribution >= 0.6 is 11.3 Å². The van der Waals surface area contributed by atoms with E-state index in [9.17, 15) is 9.59 Å². The minimum atomic E-state index is -0.408. The third-order valence-corrected chi connectivity index (χ3v) is 3.48. The molecule has 94 valence electrons. The number of aromatic nitrogens is 4. The normalized spacial score (nSPS) is 12.2. The Hall–Kier alpha value is -2.41. The molecule has 0 aliphatic carbocycles. The van der Waals surface area contributed by atoms with E-state index in [0.29, 0.717) is 9.49 Å². The van der Waals surface area contributed by atoms with Crippen molar-refractivity contribution in [3.63, 3.8) is 0 Å². The summed E-state index contributed by atoms with van der Waals surface area (Å²) in [5.74, 6) is 0. The minimum Gasteiger partial charge on any atom is -0.266 e. The smallest absolute Gasteiger partial charge is 0.266 e. The Balaban J connectivity index is 2.33. The molecule has 0 unspecified atom stereocenters. The summed E-state index contributed by atoms with van der Waals surface area (Å²) < 4.78 is 1.63. The van der Waals surface area contributed by atoms with Gasteiger partial charge in [0.1, 0.15) is 5.69 Å². The van der Waals surface area contributed by atoms with Crippen LogP contribution < -0.4 is 15.7 Å². The number of nitrogens with zero attached hydrogens (tertiary/aromatic N) is 4. The highest BCUT2D eigenvalue weighted by Crippen LogP contribution is 1.99. The number of hydrogen-bond donors (Lipinski definition) is 0. The fourth-order valence-corrected chi connectivity index (χ4v) is 2.50. The summed E-state index contributed by atoms with van der Waals surface area (Å²) in [5.41, 5.74) is 0.333. The first-order valence-electron chi connectivity index (χ1n) is 5.47. The molecule has 3 aromatic heterocycles. The Morgan fingerprint density at radius 3 is 2.95 bits per heavy atom. The molecule has 19 heavy (non-hydrogen) atoms. The monoisotopic (exact) mass is 272 g/mol. The average Bonchev–Trinajstić information content (AvgIpc) is 2.69. The summed E-state index contributed by atoms with van der Waals surface area (Å²) in [6, 6.07) is 3.62. The largest absolute Gasteiger partial charge is 0.295 e. The molecule has 0 fully saturated rings. The molecule has 0 spiro atoms. The summed E-state index contributed by atoms with van der Waals surface area (Å²) in [7, 11) is 0. The van der Waals surface area contributed by atoms with Gasteiger partial charge in [-0.1, -0.05) is 17.4 Å². The van der Waals surface area contributed by atoms with E-state index in [4.69, 9.17) is 0 Å². The SMILES string of the molecule is Cc1nn2c(=O)/c(=C\c3cccnc3)sc2nc1=O. The zero-order chi connectivity index (χ0) is 13.4. The van der Waals surface area contributed by atoms with Gasteiger partial charge in [0.05, 0.1) is 4.53 Å². The van der Waals surface area contributed by atoms with E-state index in [2.05, 4.69) is 15.1 Å². The van der Waals surface area contributed by atoms with Gasteiger partial charge in [-0.25, -0.2) is 0 Å². The van der Waals surface area contributed by atoms with Gasteiger partial charge in [0.2, 0.25) is 4.96 Å². The van der Waals surface area contributed by atoms with Gasteiger partial charge in [-0.3, -0.25) is 14.6 Å². The van der Waals surface area contributed by atoms with Crippen molar-refractivity contribution in [3.8, 4) is 0 Å². The van der Waals surface area contributed by atoms with Gasteiger partial charge < -0.3 is 0 Å². The van der Waals surface area contributed by atoms with E-state index in [1.807, 2.05) is 6.07 Å². The zero-order valence-electron chi connectivity index (χ0n) is 9.90. The molecule has 0 atom stereocenters. The first-order valence-corrected chi connectivity index (χ1v) is 6.29. The topological polar surface area (TPSA) is 77.2 Å². The average molecular weight is 272 g/mol. The van der Waals surface area contributed by atoms with Gasteiger partial charge in [-0.15, -0.1) is 0 Å². The second kappa shape index (κ2) is 4.36. The maximum absolute atomic E-state index is 12.1. The van der Waals surface area contributed by atoms with Gasteiger partial charge in [0.25, 0.3) is 11.1 Å². The second-order valence-electron chi connectivity index (χ2n) is 3.90. The first-order chi connectivity index (χ1) is 9.15. The van der Waals surface area contributed by atoms with Crippen molar-refractivity contribution in [1.82, 2.24) is 19.6 Å². The fourth-order valence-electron chi connectivity index (χ4n) is 1.60. The Labute approximate surface area is 110 Å². The summed E-state index contributed by atoms with van der Waals surface area (Å²) in [4.78, 5) is 31.6. The van der Waals surface area contributed by atoms with Crippen LogP contribution in [-0.4, -0.2) is 19.6 Å². The van der Waals surface area contributed by atoms with Crippen molar-refractivity contribution in [1.29, 1.82) is 0 Å². The predicted octanol–water partition coefficient (Wildman–Crippen LogP) is -0.238. The fraction of sp³-hybridized carbons (Fsp3) is 0.0833. The molecule has 6 nitrogen and oxygen atoms in total. The standard InChI is InChI=1S/C12H8N4O2S/c1-7-10(17)14-12-16(15-7)11(18)9(19-12)5-8-3-2-4-13-6-8/h2-6H,1H3/b9-5+. The van der Waals surface area contributed by atoms with Crippen LogP contribution in [0, 0.1) is 6.92 Å². The Kier molecular flexibility index (Phi) is 2.68. The molecular weight excluding hydrogens is 264 g/mol. The molecule has 0 saturated heterocycles. The van der Waals surface area contributed by atoms with Gasteiger partial charge in [0.15, 0.2) is 0 Å². The molecular formula is C12H8N4O2S. The van der Waals surface area contributed by atoms with Gasteiger partial charge in [-0.2, -0.15) is 14.6 Å². The number of aryl methyl sites for hydroxylation is 1. The molecule has 0 aliphatic heterocycles. The highest BCUT2D eigenvalue weighted by molar-refractivity contribution is 7.15. The third kappa shape index (κ3) is 2.04. The first kappa shape index (κ1) is 11.7. The molecule has 0 aromatic carbocycles. The summed E-state index contributed by atoms with van der Waals surface area (Å²) >= 11 is 1.14. The molecule has 0 N–H and O–H groups in total. The lowest BCUT2D eigenvalue weighted by Crippen LogP contribution is -2.27. The van der Waals surface area contributed by atoms with Crippen molar-refractivity contribution in [3.05, 3.63) is 61.0 Å². The number of fused-ring (bicyclic) bond motifs is 1. The van der Waals surface area contributed by atoms with Crippen LogP contribution in [0.25, 0.3) is 11.0 Å². The maximum atomic E-state index is 12.1. The second-order valence-corrected chi connectivity index (χ2v) is 4.91. The van der Waals surface area contributed by atoms with Crippen molar-refractivity contribution >= 4 is 22.4 Å². The van der Waals surface area contributed by atoms with E-state index >= 15 is 0 Å². The van der Waals surface area contributed by atoms with Crippen LogP contribution in [0.2, 0.25) is 0 Å². The van der Waals surface area contributed by atoms with Gasteiger partial charge in [-0.05, 0) is 24.6 Å². The number of rotatable bonds is 1. The van der Waals surface area contributed by atoms with Gasteiger partial charge >= 0.3 is 0 Å². The lowest BCUT2D eigenvalue weighted by Gasteiger charge is -1.89. The lowest BCUT2D eigenvalue weighted by atomic mass is 10.3. The molecule has 3 rings (SSSR count). The van der Waals surface area contributed by atoms with E-state index < -0.39 is 5.56 Å². The van der Waals surface area contributed by atoms with Crippen LogP contribution in [0.1, 0.15) is 11.3 Å². The Morgan fingerprint density at radius 1 is 1.37 bits per heavy atom. The van der Waals surface area contributed by atoms with Crippen molar-refractivity contribution in [2.75, 3.05) is 0 Å². The Bertz CT molecular complexity index is 915. The zero-order valence-corrected chi connectivity index (χ0v) is 10.7. The highest BCUT2D eigenvalue weighted by Gasteiger charge is 2.07. The quantitative estimate of drug-likeness (QED) is 0.611. The molecule has 0 saturated carbocycles. The van der Waals surface area contributed by atoms with E-state index in [1.165, 1.54) is 6.92 Å². The molecule has 3 aromatic rings. The summed E-state index contributed by atoms with van der Waals surface area (Å²) in [6.45, 7) is 1.53. The minimum absolute atomic E-state index is 0.209. The van der Waals surface area contributed by atoms with E-state index in [-0.39, 0.29) is 11.3 Å². The summed E-state index contributed by atoms with van der Waals surface area (Å²) in [5, 5.41) is 3.94. The summed E-state index contributed by atoms with van der Waals surface area (Å²) in [6.07, 6.45) is 5.01. The van der Waals surface area contributed by atoms with Crippen LogP contribution in [0.5, 0.6) is 0 Å². The number of thiazole rings is 1. The maximum Gasteiger partial charge on any atom is 0.295 e. The van der Waals surface area contributed by atoms with Crippen molar-refractivity contribution in [2.45, 2.75) is 6.92 Å². The molecule has 7 heteroatoms. The number of pyridine rings is 1. The van der Waals surface area contributed by atoms with Crippen molar-refractivity contribution < 1.29 is 0 Å².